The minimum absolute atomic E-state index is 0.0296. The van der Waals surface area contributed by atoms with E-state index in [-0.39, 0.29) is 18.2 Å². The first kappa shape index (κ1) is 20.1. The van der Waals surface area contributed by atoms with Gasteiger partial charge in [0, 0.05) is 29.8 Å². The van der Waals surface area contributed by atoms with E-state index in [0.29, 0.717) is 18.7 Å². The minimum Gasteiger partial charge on any atom is -0.497 e. The van der Waals surface area contributed by atoms with Crippen molar-refractivity contribution in [3.63, 3.8) is 0 Å². The summed E-state index contributed by atoms with van der Waals surface area (Å²) in [5.74, 6) is 1.40. The molecule has 0 saturated carbocycles. The van der Waals surface area contributed by atoms with Crippen LogP contribution in [0.3, 0.4) is 0 Å². The fraction of sp³-hybridized carbons (Fsp3) is 0.231. The van der Waals surface area contributed by atoms with Crippen LogP contribution in [0.4, 0.5) is 0 Å². The first-order chi connectivity index (χ1) is 15.6. The molecule has 0 aliphatic carbocycles. The highest BCUT2D eigenvalue weighted by molar-refractivity contribution is 6.02. The highest BCUT2D eigenvalue weighted by Gasteiger charge is 2.59. The molecule has 2 amide bonds. The third kappa shape index (κ3) is 2.87. The SMILES string of the molecule is COc1ccc(CC(=O)N2CCN3C(=O)c4ccccc4C23c2ccc(OC)cc2)cc1. The summed E-state index contributed by atoms with van der Waals surface area (Å²) in [6.07, 6.45) is 0.242. The van der Waals surface area contributed by atoms with Crippen LogP contribution < -0.4 is 9.47 Å². The molecule has 2 aliphatic heterocycles. The fourth-order valence-electron chi connectivity index (χ4n) is 4.94. The van der Waals surface area contributed by atoms with Crippen LogP contribution in [0.2, 0.25) is 0 Å². The summed E-state index contributed by atoms with van der Waals surface area (Å²) in [5, 5.41) is 0. The molecule has 0 aromatic heterocycles. The summed E-state index contributed by atoms with van der Waals surface area (Å²) in [5.41, 5.74) is 2.30. The van der Waals surface area contributed by atoms with Crippen molar-refractivity contribution in [1.82, 2.24) is 9.80 Å². The molecule has 0 bridgehead atoms. The number of fused-ring (bicyclic) bond motifs is 3. The van der Waals surface area contributed by atoms with Gasteiger partial charge in [-0.15, -0.1) is 0 Å². The maximum absolute atomic E-state index is 13.7. The van der Waals surface area contributed by atoms with Gasteiger partial charge in [-0.05, 0) is 35.9 Å². The van der Waals surface area contributed by atoms with Crippen molar-refractivity contribution in [1.29, 1.82) is 0 Å². The van der Waals surface area contributed by atoms with E-state index in [0.717, 1.165) is 28.2 Å². The lowest BCUT2D eigenvalue weighted by Gasteiger charge is -2.40. The number of ether oxygens (including phenoxy) is 2. The molecule has 1 unspecified atom stereocenters. The number of methoxy groups -OCH3 is 2. The number of nitrogens with zero attached hydrogens (tertiary/aromatic N) is 2. The summed E-state index contributed by atoms with van der Waals surface area (Å²) < 4.78 is 10.6. The molecule has 1 atom stereocenters. The molecule has 2 aliphatic rings. The van der Waals surface area contributed by atoms with E-state index in [2.05, 4.69) is 0 Å². The van der Waals surface area contributed by atoms with E-state index in [9.17, 15) is 9.59 Å². The fourth-order valence-corrected chi connectivity index (χ4v) is 4.94. The van der Waals surface area contributed by atoms with Gasteiger partial charge in [0.1, 0.15) is 11.5 Å². The van der Waals surface area contributed by atoms with Crippen molar-refractivity contribution in [3.8, 4) is 11.5 Å². The third-order valence-electron chi connectivity index (χ3n) is 6.41. The van der Waals surface area contributed by atoms with Gasteiger partial charge >= 0.3 is 0 Å². The Balaban J connectivity index is 1.60. The monoisotopic (exact) mass is 428 g/mol. The van der Waals surface area contributed by atoms with E-state index in [4.69, 9.17) is 9.47 Å². The first-order valence-corrected chi connectivity index (χ1v) is 10.6. The van der Waals surface area contributed by atoms with E-state index in [1.54, 1.807) is 14.2 Å². The predicted molar refractivity (Wildman–Crippen MR) is 120 cm³/mol. The van der Waals surface area contributed by atoms with Crippen LogP contribution >= 0.6 is 0 Å². The summed E-state index contributed by atoms with van der Waals surface area (Å²) in [6.45, 7) is 0.953. The lowest BCUT2D eigenvalue weighted by atomic mass is 9.89. The number of hydrogen-bond donors (Lipinski definition) is 0. The Morgan fingerprint density at radius 2 is 1.50 bits per heavy atom. The van der Waals surface area contributed by atoms with Gasteiger partial charge in [0.15, 0.2) is 5.66 Å². The van der Waals surface area contributed by atoms with Gasteiger partial charge in [-0.2, -0.15) is 0 Å². The average molecular weight is 428 g/mol. The largest absolute Gasteiger partial charge is 0.497 e. The minimum atomic E-state index is -0.955. The van der Waals surface area contributed by atoms with Crippen LogP contribution in [0, 0.1) is 0 Å². The lowest BCUT2D eigenvalue weighted by molar-refractivity contribution is -0.135. The van der Waals surface area contributed by atoms with Crippen LogP contribution in [0.1, 0.15) is 27.0 Å². The first-order valence-electron chi connectivity index (χ1n) is 10.6. The van der Waals surface area contributed by atoms with Crippen LogP contribution in [0.5, 0.6) is 11.5 Å². The van der Waals surface area contributed by atoms with Crippen LogP contribution in [-0.2, 0) is 16.9 Å². The molecule has 5 rings (SSSR count). The molecule has 6 nitrogen and oxygen atoms in total. The van der Waals surface area contributed by atoms with Crippen molar-refractivity contribution in [2.24, 2.45) is 0 Å². The summed E-state index contributed by atoms with van der Waals surface area (Å²) in [4.78, 5) is 30.7. The van der Waals surface area contributed by atoms with Crippen molar-refractivity contribution in [2.75, 3.05) is 27.3 Å². The van der Waals surface area contributed by atoms with Crippen molar-refractivity contribution >= 4 is 11.8 Å². The van der Waals surface area contributed by atoms with Crippen LogP contribution in [0.25, 0.3) is 0 Å². The maximum Gasteiger partial charge on any atom is 0.256 e. The quantitative estimate of drug-likeness (QED) is 0.625. The Morgan fingerprint density at radius 3 is 2.16 bits per heavy atom. The zero-order chi connectivity index (χ0) is 22.3. The van der Waals surface area contributed by atoms with E-state index in [1.165, 1.54) is 0 Å². The summed E-state index contributed by atoms with van der Waals surface area (Å²) >= 11 is 0. The Hall–Kier alpha value is -3.80. The van der Waals surface area contributed by atoms with Crippen molar-refractivity contribution in [3.05, 3.63) is 95.1 Å². The van der Waals surface area contributed by atoms with Gasteiger partial charge in [0.05, 0.1) is 20.6 Å². The van der Waals surface area contributed by atoms with Gasteiger partial charge < -0.3 is 19.3 Å². The van der Waals surface area contributed by atoms with Gasteiger partial charge in [0.2, 0.25) is 5.91 Å². The zero-order valence-corrected chi connectivity index (χ0v) is 18.1. The maximum atomic E-state index is 13.7. The van der Waals surface area contributed by atoms with Gasteiger partial charge in [-0.3, -0.25) is 9.59 Å². The van der Waals surface area contributed by atoms with E-state index in [1.807, 2.05) is 82.6 Å². The Morgan fingerprint density at radius 1 is 0.875 bits per heavy atom. The molecule has 6 heteroatoms. The molecule has 162 valence electrons. The second-order valence-electron chi connectivity index (χ2n) is 7.97. The molecule has 1 fully saturated rings. The average Bonchev–Trinajstić information content (AvgIpc) is 3.35. The number of hydrogen-bond acceptors (Lipinski definition) is 4. The Kier molecular flexibility index (Phi) is 4.85. The normalized spacial score (nSPS) is 19.0. The smallest absolute Gasteiger partial charge is 0.256 e. The van der Waals surface area contributed by atoms with Crippen LogP contribution in [-0.4, -0.2) is 48.9 Å². The highest BCUT2D eigenvalue weighted by atomic mass is 16.5. The molecule has 0 radical (unpaired) electrons. The molecule has 0 spiro atoms. The molecule has 3 aromatic rings. The molecular weight excluding hydrogens is 404 g/mol. The number of benzene rings is 3. The Bertz CT molecular complexity index is 1170. The van der Waals surface area contributed by atoms with Crippen molar-refractivity contribution < 1.29 is 19.1 Å². The standard InChI is InChI=1S/C26H24N2O4/c1-31-20-11-7-18(8-12-20)17-24(29)27-15-16-28-25(30)22-5-3-4-6-23(22)26(27,28)19-9-13-21(32-2)14-10-19/h3-14H,15-17H2,1-2H3. The Labute approximate surface area is 187 Å². The molecule has 3 aromatic carbocycles. The molecular formula is C26H24N2O4. The number of rotatable bonds is 5. The van der Waals surface area contributed by atoms with Gasteiger partial charge in [-0.25, -0.2) is 0 Å². The predicted octanol–water partition coefficient (Wildman–Crippen LogP) is 3.45. The second kappa shape index (κ2) is 7.71. The van der Waals surface area contributed by atoms with Crippen molar-refractivity contribution in [2.45, 2.75) is 12.1 Å². The van der Waals surface area contributed by atoms with Gasteiger partial charge in [-0.1, -0.05) is 42.5 Å². The van der Waals surface area contributed by atoms with E-state index >= 15 is 0 Å². The topological polar surface area (TPSA) is 59.1 Å². The summed E-state index contributed by atoms with van der Waals surface area (Å²) in [6, 6.07) is 22.7. The summed E-state index contributed by atoms with van der Waals surface area (Å²) in [7, 11) is 3.24. The molecule has 2 heterocycles. The number of carbonyl (C=O) groups is 2. The third-order valence-corrected chi connectivity index (χ3v) is 6.41. The van der Waals surface area contributed by atoms with E-state index < -0.39 is 5.66 Å². The van der Waals surface area contributed by atoms with Gasteiger partial charge in [0.25, 0.3) is 5.91 Å². The lowest BCUT2D eigenvalue weighted by Crippen LogP contribution is -2.52. The molecule has 0 N–H and O–H groups in total. The van der Waals surface area contributed by atoms with Crippen LogP contribution in [0.15, 0.2) is 72.8 Å². The number of carbonyl (C=O) groups excluding carboxylic acids is 2. The molecule has 32 heavy (non-hydrogen) atoms. The zero-order valence-electron chi connectivity index (χ0n) is 18.1. The highest BCUT2D eigenvalue weighted by Crippen LogP contribution is 2.50. The molecule has 1 saturated heterocycles. The number of amides is 2. The second-order valence-corrected chi connectivity index (χ2v) is 7.97.